The number of nitrogens with zero attached hydrogens (tertiary/aromatic N) is 4. The lowest BCUT2D eigenvalue weighted by molar-refractivity contribution is 1.08. The van der Waals surface area contributed by atoms with E-state index < -0.39 is 0 Å². The van der Waals surface area contributed by atoms with Gasteiger partial charge in [0.1, 0.15) is 5.82 Å². The lowest BCUT2D eigenvalue weighted by atomic mass is 10.0. The third kappa shape index (κ3) is 3.65. The topological polar surface area (TPSA) is 35.1 Å². The van der Waals surface area contributed by atoms with Crippen LogP contribution in [0.4, 0.5) is 0 Å². The van der Waals surface area contributed by atoms with Crippen molar-refractivity contribution in [3.8, 4) is 28.3 Å². The van der Waals surface area contributed by atoms with E-state index in [9.17, 15) is 0 Å². The maximum Gasteiger partial charge on any atom is 0.162 e. The monoisotopic (exact) mass is 660 g/mol. The lowest BCUT2D eigenvalue weighted by Crippen LogP contribution is -2.03. The van der Waals surface area contributed by atoms with Crippen molar-refractivity contribution in [2.45, 2.75) is 0 Å². The smallest absolute Gasteiger partial charge is 0.162 e. The second-order valence-corrected chi connectivity index (χ2v) is 13.8. The van der Waals surface area contributed by atoms with Crippen molar-refractivity contribution < 1.29 is 0 Å². The molecule has 0 unspecified atom stereocenters. The van der Waals surface area contributed by atoms with Gasteiger partial charge in [0.2, 0.25) is 0 Å². The minimum Gasteiger partial charge on any atom is -0.307 e. The van der Waals surface area contributed by atoms with Gasteiger partial charge in [-0.2, -0.15) is 0 Å². The second-order valence-electron chi connectivity index (χ2n) is 13.8. The zero-order valence-corrected chi connectivity index (χ0v) is 28.0. The van der Waals surface area contributed by atoms with Crippen LogP contribution >= 0.6 is 0 Å². The molecular weight excluding hydrogens is 633 g/mol. The minimum absolute atomic E-state index is 0.704. The van der Waals surface area contributed by atoms with Crippen LogP contribution in [0, 0.1) is 0 Å². The molecule has 4 nitrogen and oxygen atoms in total. The van der Waals surface area contributed by atoms with E-state index in [1.54, 1.807) is 0 Å². The molecule has 0 N–H and O–H groups in total. The molecule has 0 spiro atoms. The van der Waals surface area contributed by atoms with Gasteiger partial charge in [0.25, 0.3) is 0 Å². The molecule has 4 heteroatoms. The van der Waals surface area contributed by atoms with E-state index in [1.807, 2.05) is 0 Å². The quantitative estimate of drug-likeness (QED) is 0.189. The van der Waals surface area contributed by atoms with Crippen LogP contribution in [0.3, 0.4) is 0 Å². The Morgan fingerprint density at radius 2 is 1.02 bits per heavy atom. The van der Waals surface area contributed by atoms with Gasteiger partial charge in [0, 0.05) is 48.7 Å². The molecule has 0 saturated carbocycles. The fourth-order valence-electron chi connectivity index (χ4n) is 8.80. The van der Waals surface area contributed by atoms with Gasteiger partial charge in [-0.3, -0.25) is 4.57 Å². The Morgan fingerprint density at radius 3 is 1.88 bits per heavy atom. The van der Waals surface area contributed by atoms with E-state index in [0.29, 0.717) is 5.82 Å². The summed E-state index contributed by atoms with van der Waals surface area (Å²) in [4.78, 5) is 10.7. The maximum absolute atomic E-state index is 5.51. The first kappa shape index (κ1) is 27.7. The second kappa shape index (κ2) is 10.3. The Hall–Kier alpha value is -7.04. The van der Waals surface area contributed by atoms with Crippen molar-refractivity contribution in [3.05, 3.63) is 170 Å². The Balaban J connectivity index is 1.27. The van der Waals surface area contributed by atoms with Crippen molar-refractivity contribution in [2.75, 3.05) is 0 Å². The zero-order valence-electron chi connectivity index (χ0n) is 28.0. The number of benzene rings is 8. The summed E-state index contributed by atoms with van der Waals surface area (Å²) in [5, 5.41) is 11.0. The van der Waals surface area contributed by atoms with Gasteiger partial charge in [-0.15, -0.1) is 0 Å². The highest BCUT2D eigenvalue weighted by atomic mass is 15.1. The lowest BCUT2D eigenvalue weighted by Gasteiger charge is -2.14. The molecule has 0 fully saturated rings. The van der Waals surface area contributed by atoms with Gasteiger partial charge in [-0.25, -0.2) is 9.97 Å². The van der Waals surface area contributed by atoms with Gasteiger partial charge in [-0.05, 0) is 52.9 Å². The highest BCUT2D eigenvalue weighted by Gasteiger charge is 2.26. The number of hydrogen-bond donors (Lipinski definition) is 0. The van der Waals surface area contributed by atoms with Crippen LogP contribution in [0.15, 0.2) is 170 Å². The van der Waals surface area contributed by atoms with Crippen molar-refractivity contribution in [1.29, 1.82) is 0 Å². The summed E-state index contributed by atoms with van der Waals surface area (Å²) >= 11 is 0. The highest BCUT2D eigenvalue weighted by molar-refractivity contribution is 6.36. The third-order valence-corrected chi connectivity index (χ3v) is 11.0. The molecule has 8 aromatic carbocycles. The molecule has 0 aliphatic heterocycles. The average Bonchev–Trinajstić information content (AvgIpc) is 3.85. The standard InChI is InChI=1S/C48H28N4/c1-2-13-29(14-3-1)31-16-12-17-32(27-31)47-49-40-22-9-6-21-36(40)48(50-47)52-42-24-11-8-20-35(42)39-28-38-34-19-7-10-23-41(34)51-44-33-18-5-4-15-30(33)25-26-37(44)43(45(38)51)46(39)52/h1-28H. The summed E-state index contributed by atoms with van der Waals surface area (Å²) in [6.07, 6.45) is 0. The van der Waals surface area contributed by atoms with Gasteiger partial charge in [-0.1, -0.05) is 133 Å². The largest absolute Gasteiger partial charge is 0.307 e. The number of para-hydroxylation sites is 3. The van der Waals surface area contributed by atoms with Crippen molar-refractivity contribution >= 4 is 81.6 Å². The molecule has 4 heterocycles. The predicted octanol–water partition coefficient (Wildman–Crippen LogP) is 12.4. The normalized spacial score (nSPS) is 12.2. The Labute approximate surface area is 297 Å². The first-order valence-corrected chi connectivity index (χ1v) is 17.8. The fraction of sp³-hybridized carbons (Fsp3) is 0. The van der Waals surface area contributed by atoms with E-state index in [-0.39, 0.29) is 0 Å². The van der Waals surface area contributed by atoms with Gasteiger partial charge >= 0.3 is 0 Å². The molecule has 52 heavy (non-hydrogen) atoms. The van der Waals surface area contributed by atoms with E-state index in [1.165, 1.54) is 70.7 Å². The molecule has 0 aliphatic carbocycles. The Bertz CT molecular complexity index is 3410. The first-order valence-electron chi connectivity index (χ1n) is 17.8. The van der Waals surface area contributed by atoms with Crippen molar-refractivity contribution in [1.82, 2.24) is 18.9 Å². The zero-order chi connectivity index (χ0) is 33.9. The summed E-state index contributed by atoms with van der Waals surface area (Å²) in [6, 6.07) is 61.0. The molecule has 0 aliphatic rings. The van der Waals surface area contributed by atoms with Crippen LogP contribution < -0.4 is 0 Å². The van der Waals surface area contributed by atoms with Crippen molar-refractivity contribution in [2.24, 2.45) is 0 Å². The van der Waals surface area contributed by atoms with Crippen LogP contribution in [0.25, 0.3) is 110 Å². The maximum atomic E-state index is 5.51. The van der Waals surface area contributed by atoms with Crippen molar-refractivity contribution in [3.63, 3.8) is 0 Å². The number of hydrogen-bond acceptors (Lipinski definition) is 2. The average molecular weight is 661 g/mol. The third-order valence-electron chi connectivity index (χ3n) is 11.0. The molecule has 0 saturated heterocycles. The number of aromatic nitrogens is 4. The van der Waals surface area contributed by atoms with Crippen LogP contribution in [-0.4, -0.2) is 18.9 Å². The molecular formula is C48H28N4. The fourth-order valence-corrected chi connectivity index (χ4v) is 8.80. The SMILES string of the molecule is c1ccc(-c2cccc(-c3nc(-n4c5ccccc5c5cc6c7ccccc7n7c8c9ccccc9ccc8c(c54)c67)c4ccccc4n3)c2)cc1. The summed E-state index contributed by atoms with van der Waals surface area (Å²) in [7, 11) is 0. The molecule has 0 bridgehead atoms. The van der Waals surface area contributed by atoms with E-state index in [2.05, 4.69) is 179 Å². The molecule has 240 valence electrons. The molecule has 12 aromatic rings. The first-order chi connectivity index (χ1) is 25.8. The predicted molar refractivity (Wildman–Crippen MR) is 217 cm³/mol. The van der Waals surface area contributed by atoms with Gasteiger partial charge in [0.15, 0.2) is 5.82 Å². The summed E-state index contributed by atoms with van der Waals surface area (Å²) in [5.41, 5.74) is 10.2. The van der Waals surface area contributed by atoms with Crippen LogP contribution in [-0.2, 0) is 0 Å². The van der Waals surface area contributed by atoms with Gasteiger partial charge in [0.05, 0.1) is 33.1 Å². The summed E-state index contributed by atoms with van der Waals surface area (Å²) in [5.74, 6) is 1.58. The van der Waals surface area contributed by atoms with E-state index >= 15 is 0 Å². The highest BCUT2D eigenvalue weighted by Crippen LogP contribution is 2.48. The molecule has 0 amide bonds. The minimum atomic E-state index is 0.704. The van der Waals surface area contributed by atoms with Gasteiger partial charge < -0.3 is 4.40 Å². The molecule has 12 rings (SSSR count). The van der Waals surface area contributed by atoms with E-state index in [0.717, 1.165) is 33.4 Å². The van der Waals surface area contributed by atoms with E-state index in [4.69, 9.17) is 9.97 Å². The summed E-state index contributed by atoms with van der Waals surface area (Å²) in [6.45, 7) is 0. The summed E-state index contributed by atoms with van der Waals surface area (Å²) < 4.78 is 4.93. The van der Waals surface area contributed by atoms with Crippen LogP contribution in [0.2, 0.25) is 0 Å². The number of rotatable bonds is 3. The van der Waals surface area contributed by atoms with Crippen LogP contribution in [0.1, 0.15) is 0 Å². The Kier molecular flexibility index (Phi) is 5.47. The number of fused-ring (bicyclic) bond motifs is 13. The molecule has 4 aromatic heterocycles. The van der Waals surface area contributed by atoms with Crippen LogP contribution in [0.5, 0.6) is 0 Å². The molecule has 0 atom stereocenters. The molecule has 0 radical (unpaired) electrons. The Morgan fingerprint density at radius 1 is 0.365 bits per heavy atom.